The van der Waals surface area contributed by atoms with Crippen LogP contribution in [0.25, 0.3) is 0 Å². The Morgan fingerprint density at radius 3 is 2.76 bits per heavy atom. The van der Waals surface area contributed by atoms with Crippen molar-refractivity contribution in [3.63, 3.8) is 0 Å². The molecule has 0 aliphatic rings. The number of nitrogens with zero attached hydrogens (tertiary/aromatic N) is 4. The van der Waals surface area contributed by atoms with Crippen LogP contribution in [0.3, 0.4) is 0 Å². The lowest BCUT2D eigenvalue weighted by molar-refractivity contribution is 0.102. The van der Waals surface area contributed by atoms with Crippen LogP contribution < -0.4 is 16.8 Å². The lowest BCUT2D eigenvalue weighted by atomic mass is 10.1. The van der Waals surface area contributed by atoms with E-state index >= 15 is 0 Å². The molecular formula is C17H19N7O. The van der Waals surface area contributed by atoms with Crippen LogP contribution in [0, 0.1) is 6.92 Å². The molecule has 1 atom stereocenters. The molecule has 3 rings (SSSR count). The fourth-order valence-corrected chi connectivity index (χ4v) is 2.49. The molecule has 8 heteroatoms. The molecule has 2 aromatic heterocycles. The van der Waals surface area contributed by atoms with Gasteiger partial charge in [0.05, 0.1) is 29.8 Å². The van der Waals surface area contributed by atoms with Crippen molar-refractivity contribution < 1.29 is 4.79 Å². The molecule has 0 saturated carbocycles. The fraction of sp³-hybridized carbons (Fsp3) is 0.176. The van der Waals surface area contributed by atoms with E-state index in [2.05, 4.69) is 20.4 Å². The molecule has 1 unspecified atom stereocenters. The third kappa shape index (κ3) is 3.64. The van der Waals surface area contributed by atoms with E-state index in [-0.39, 0.29) is 17.6 Å². The largest absolute Gasteiger partial charge is 0.382 e. The molecule has 1 amide bonds. The zero-order chi connectivity index (χ0) is 17.8. The highest BCUT2D eigenvalue weighted by Crippen LogP contribution is 2.19. The van der Waals surface area contributed by atoms with Crippen LogP contribution in [0.15, 0.2) is 48.9 Å². The molecule has 128 valence electrons. The molecule has 2 heterocycles. The van der Waals surface area contributed by atoms with Gasteiger partial charge in [-0.3, -0.25) is 9.48 Å². The quantitative estimate of drug-likeness (QED) is 0.645. The SMILES string of the molecule is Cc1cnc(N)c(C(=O)Nc2cnn(C(CN)c3ccccc3)c2)n1. The summed E-state index contributed by atoms with van der Waals surface area (Å²) in [5.74, 6) is -0.350. The maximum atomic E-state index is 12.4. The van der Waals surface area contributed by atoms with Crippen molar-refractivity contribution in [1.82, 2.24) is 19.7 Å². The second-order valence-electron chi connectivity index (χ2n) is 5.57. The van der Waals surface area contributed by atoms with Crippen LogP contribution in [0.4, 0.5) is 11.5 Å². The van der Waals surface area contributed by atoms with Gasteiger partial charge in [-0.05, 0) is 12.5 Å². The first-order valence-electron chi connectivity index (χ1n) is 7.78. The Morgan fingerprint density at radius 2 is 2.04 bits per heavy atom. The van der Waals surface area contributed by atoms with Crippen molar-refractivity contribution in [2.75, 3.05) is 17.6 Å². The van der Waals surface area contributed by atoms with E-state index in [0.29, 0.717) is 17.9 Å². The first-order valence-corrected chi connectivity index (χ1v) is 7.78. The molecule has 0 aliphatic carbocycles. The van der Waals surface area contributed by atoms with E-state index in [1.807, 2.05) is 30.3 Å². The Morgan fingerprint density at radius 1 is 1.28 bits per heavy atom. The van der Waals surface area contributed by atoms with Gasteiger partial charge in [0.15, 0.2) is 11.5 Å². The maximum Gasteiger partial charge on any atom is 0.278 e. The summed E-state index contributed by atoms with van der Waals surface area (Å²) in [4.78, 5) is 20.4. The van der Waals surface area contributed by atoms with Gasteiger partial charge < -0.3 is 16.8 Å². The van der Waals surface area contributed by atoms with Crippen LogP contribution in [0.1, 0.15) is 27.8 Å². The van der Waals surface area contributed by atoms with Gasteiger partial charge in [-0.1, -0.05) is 30.3 Å². The lowest BCUT2D eigenvalue weighted by Crippen LogP contribution is -2.21. The van der Waals surface area contributed by atoms with Gasteiger partial charge in [0, 0.05) is 12.7 Å². The van der Waals surface area contributed by atoms with Crippen molar-refractivity contribution in [3.8, 4) is 0 Å². The summed E-state index contributed by atoms with van der Waals surface area (Å²) in [5, 5.41) is 7.04. The Bertz CT molecular complexity index is 876. The minimum absolute atomic E-state index is 0.0830. The second-order valence-corrected chi connectivity index (χ2v) is 5.57. The first-order chi connectivity index (χ1) is 12.1. The Balaban J connectivity index is 1.79. The molecule has 5 N–H and O–H groups in total. The molecule has 0 spiro atoms. The number of carbonyl (C=O) groups excluding carboxylic acids is 1. The molecule has 3 aromatic rings. The van der Waals surface area contributed by atoms with Crippen molar-refractivity contribution in [2.24, 2.45) is 5.73 Å². The standard InChI is InChI=1S/C17H19N7O/c1-11-8-20-16(19)15(22-11)17(25)23-13-9-21-24(10-13)14(7-18)12-5-3-2-4-6-12/h2-6,8-10,14H,7,18H2,1H3,(H2,19,20)(H,23,25). The number of benzene rings is 1. The highest BCUT2D eigenvalue weighted by Gasteiger charge is 2.16. The topological polar surface area (TPSA) is 125 Å². The summed E-state index contributed by atoms with van der Waals surface area (Å²) in [6, 6.07) is 9.70. The number of carbonyl (C=O) groups is 1. The number of amides is 1. The molecule has 0 saturated heterocycles. The van der Waals surface area contributed by atoms with Crippen LogP contribution in [0.5, 0.6) is 0 Å². The third-order valence-electron chi connectivity index (χ3n) is 3.72. The fourth-order valence-electron chi connectivity index (χ4n) is 2.49. The normalized spacial score (nSPS) is 11.9. The maximum absolute atomic E-state index is 12.4. The number of nitrogens with one attached hydrogen (secondary N) is 1. The molecule has 1 aromatic carbocycles. The summed E-state index contributed by atoms with van der Waals surface area (Å²) in [5.41, 5.74) is 13.9. The smallest absolute Gasteiger partial charge is 0.278 e. The average molecular weight is 337 g/mol. The minimum atomic E-state index is -0.433. The van der Waals surface area contributed by atoms with Gasteiger partial charge in [0.2, 0.25) is 0 Å². The average Bonchev–Trinajstić information content (AvgIpc) is 3.06. The molecular weight excluding hydrogens is 318 g/mol. The highest BCUT2D eigenvalue weighted by molar-refractivity contribution is 6.05. The Hall–Kier alpha value is -3.26. The monoisotopic (exact) mass is 337 g/mol. The van der Waals surface area contributed by atoms with Crippen LogP contribution >= 0.6 is 0 Å². The predicted molar refractivity (Wildman–Crippen MR) is 95.0 cm³/mol. The van der Waals surface area contributed by atoms with Gasteiger partial charge in [0.1, 0.15) is 0 Å². The minimum Gasteiger partial charge on any atom is -0.382 e. The van der Waals surface area contributed by atoms with Crippen molar-refractivity contribution in [1.29, 1.82) is 0 Å². The molecule has 8 nitrogen and oxygen atoms in total. The number of rotatable bonds is 5. The Kier molecular flexibility index (Phi) is 4.71. The number of aromatic nitrogens is 4. The first kappa shape index (κ1) is 16.6. The Labute approximate surface area is 144 Å². The lowest BCUT2D eigenvalue weighted by Gasteiger charge is -2.15. The third-order valence-corrected chi connectivity index (χ3v) is 3.72. The summed E-state index contributed by atoms with van der Waals surface area (Å²) in [7, 11) is 0. The van der Waals surface area contributed by atoms with Crippen molar-refractivity contribution in [3.05, 3.63) is 65.9 Å². The van der Waals surface area contributed by atoms with Crippen LogP contribution in [-0.2, 0) is 0 Å². The summed E-state index contributed by atoms with van der Waals surface area (Å²) in [6.45, 7) is 2.13. The highest BCUT2D eigenvalue weighted by atomic mass is 16.1. The number of nitrogens with two attached hydrogens (primary N) is 2. The van der Waals surface area contributed by atoms with E-state index in [1.165, 1.54) is 6.20 Å². The van der Waals surface area contributed by atoms with Crippen molar-refractivity contribution in [2.45, 2.75) is 13.0 Å². The van der Waals surface area contributed by atoms with Gasteiger partial charge in [-0.2, -0.15) is 5.10 Å². The van der Waals surface area contributed by atoms with Gasteiger partial charge in [-0.15, -0.1) is 0 Å². The second kappa shape index (κ2) is 7.10. The van der Waals surface area contributed by atoms with Gasteiger partial charge >= 0.3 is 0 Å². The summed E-state index contributed by atoms with van der Waals surface area (Å²) in [6.07, 6.45) is 4.79. The summed E-state index contributed by atoms with van der Waals surface area (Å²) < 4.78 is 1.72. The zero-order valence-electron chi connectivity index (χ0n) is 13.8. The van der Waals surface area contributed by atoms with Crippen LogP contribution in [-0.4, -0.2) is 32.2 Å². The zero-order valence-corrected chi connectivity index (χ0v) is 13.8. The number of aryl methyl sites for hydroxylation is 1. The summed E-state index contributed by atoms with van der Waals surface area (Å²) >= 11 is 0. The molecule has 0 fully saturated rings. The van der Waals surface area contributed by atoms with E-state index in [1.54, 1.807) is 24.0 Å². The predicted octanol–water partition coefficient (Wildman–Crippen LogP) is 1.36. The van der Waals surface area contributed by atoms with Crippen molar-refractivity contribution >= 4 is 17.4 Å². The molecule has 25 heavy (non-hydrogen) atoms. The molecule has 0 bridgehead atoms. The van der Waals surface area contributed by atoms with Crippen LogP contribution in [0.2, 0.25) is 0 Å². The molecule has 0 radical (unpaired) electrons. The van der Waals surface area contributed by atoms with E-state index in [4.69, 9.17) is 11.5 Å². The van der Waals surface area contributed by atoms with E-state index in [0.717, 1.165) is 5.56 Å². The van der Waals surface area contributed by atoms with E-state index < -0.39 is 5.91 Å². The van der Waals surface area contributed by atoms with Gasteiger partial charge in [0.25, 0.3) is 5.91 Å². The molecule has 0 aliphatic heterocycles. The number of nitrogen functional groups attached to an aromatic ring is 1. The number of anilines is 2. The van der Waals surface area contributed by atoms with E-state index in [9.17, 15) is 4.79 Å². The van der Waals surface area contributed by atoms with Gasteiger partial charge in [-0.25, -0.2) is 9.97 Å². The number of hydrogen-bond acceptors (Lipinski definition) is 6. The number of hydrogen-bond donors (Lipinski definition) is 3.